The molecule has 0 unspecified atom stereocenters. The quantitative estimate of drug-likeness (QED) is 0.173. The molecule has 57 heavy (non-hydrogen) atoms. The van der Waals surface area contributed by atoms with Crippen LogP contribution in [0.4, 0.5) is 18.9 Å². The number of carboxylic acid groups (broad SMARTS) is 1. The van der Waals surface area contributed by atoms with Gasteiger partial charge in [0.2, 0.25) is 5.91 Å². The third-order valence-corrected chi connectivity index (χ3v) is 11.3. The number of carbonyl (C=O) groups excluding carboxylic acids is 3. The van der Waals surface area contributed by atoms with Crippen molar-refractivity contribution in [1.29, 1.82) is 0 Å². The van der Waals surface area contributed by atoms with Crippen molar-refractivity contribution in [3.8, 4) is 22.8 Å². The standard InChI is InChI=1S/C37H40ClF3N10O6/c1-47-29(27-19-50(46-32(27)37(39,40)41)30-5-3-25(52)17-43-30)18-44-33(47)34(55)45-24-2-4-26(28(38)14-24)36(57)49-10-8-48(9-11-49)35(56)23-6-12-51(13-7-23,21-31(53)54)20-22-15-42-16-22/h2-5,14,17-19,22-23,42H,6-13,15-16,20-21H2,1H3,(H2-,45,52,53,54,55,57)/p+1. The molecule has 4 aromatic rings. The van der Waals surface area contributed by atoms with Crippen LogP contribution < -0.4 is 10.6 Å². The van der Waals surface area contributed by atoms with Gasteiger partial charge in [-0.3, -0.25) is 14.4 Å². The summed E-state index contributed by atoms with van der Waals surface area (Å²) in [5.74, 6) is -1.99. The number of nitrogens with zero attached hydrogens (tertiary/aromatic N) is 8. The summed E-state index contributed by atoms with van der Waals surface area (Å²) in [6.45, 7) is 5.21. The van der Waals surface area contributed by atoms with Crippen molar-refractivity contribution >= 4 is 41.0 Å². The highest BCUT2D eigenvalue weighted by Crippen LogP contribution is 2.37. The molecular formula is C37H41ClF3N10O6+. The molecule has 302 valence electrons. The number of aromatic hydroxyl groups is 1. The van der Waals surface area contributed by atoms with Crippen molar-refractivity contribution in [3.63, 3.8) is 0 Å². The van der Waals surface area contributed by atoms with Gasteiger partial charge in [0.15, 0.2) is 23.9 Å². The van der Waals surface area contributed by atoms with Crippen molar-refractivity contribution in [1.82, 2.24) is 39.4 Å². The van der Waals surface area contributed by atoms with Gasteiger partial charge in [-0.25, -0.2) is 19.4 Å². The van der Waals surface area contributed by atoms with Crippen molar-refractivity contribution in [2.75, 3.05) is 70.8 Å². The van der Waals surface area contributed by atoms with Crippen LogP contribution >= 0.6 is 11.6 Å². The number of nitrogens with one attached hydrogen (secondary N) is 2. The Morgan fingerprint density at radius 1 is 1.00 bits per heavy atom. The normalized spacial score (nSPS) is 20.3. The number of piperazine rings is 1. The summed E-state index contributed by atoms with van der Waals surface area (Å²) in [5.41, 5.74) is -1.23. The number of aliphatic carboxylic acids is 1. The van der Waals surface area contributed by atoms with Gasteiger partial charge in [-0.2, -0.15) is 18.3 Å². The van der Waals surface area contributed by atoms with E-state index in [4.69, 9.17) is 11.6 Å². The van der Waals surface area contributed by atoms with Gasteiger partial charge in [-0.05, 0) is 30.3 Å². The Bertz CT molecular complexity index is 2170. The van der Waals surface area contributed by atoms with Crippen LogP contribution in [0.3, 0.4) is 0 Å². The van der Waals surface area contributed by atoms with Gasteiger partial charge >= 0.3 is 12.1 Å². The number of piperidine rings is 1. The van der Waals surface area contributed by atoms with Crippen LogP contribution in [0.15, 0.2) is 48.9 Å². The lowest BCUT2D eigenvalue weighted by Gasteiger charge is -2.46. The van der Waals surface area contributed by atoms with E-state index in [9.17, 15) is 42.6 Å². The first-order valence-electron chi connectivity index (χ1n) is 18.4. The van der Waals surface area contributed by atoms with Crippen molar-refractivity contribution in [2.24, 2.45) is 18.9 Å². The van der Waals surface area contributed by atoms with Crippen LogP contribution in [-0.4, -0.2) is 138 Å². The van der Waals surface area contributed by atoms with Gasteiger partial charge in [0, 0.05) is 82.9 Å². The molecule has 4 N–H and O–H groups in total. The largest absolute Gasteiger partial charge is 0.506 e. The zero-order valence-corrected chi connectivity index (χ0v) is 31.6. The maximum Gasteiger partial charge on any atom is 0.435 e. The predicted molar refractivity (Wildman–Crippen MR) is 199 cm³/mol. The SMILES string of the molecule is Cn1c(-c2cn(-c3ccc(O)cn3)nc2C(F)(F)F)cnc1C(=O)Nc1ccc(C(=O)N2CCN(C(=O)C3CC[N+](CC(=O)O)(CC4CNC4)CC3)CC2)c(Cl)c1. The summed E-state index contributed by atoms with van der Waals surface area (Å²) in [5, 5.41) is 28.7. The molecule has 0 atom stereocenters. The highest BCUT2D eigenvalue weighted by atomic mass is 35.5. The van der Waals surface area contributed by atoms with E-state index >= 15 is 0 Å². The Morgan fingerprint density at radius 3 is 2.30 bits per heavy atom. The number of likely N-dealkylation sites (tertiary alicyclic amines) is 1. The maximum absolute atomic E-state index is 14.1. The molecule has 3 amide bonds. The number of quaternary nitrogens is 1. The molecule has 7 rings (SSSR count). The number of amides is 3. The Kier molecular flexibility index (Phi) is 11.0. The third-order valence-electron chi connectivity index (χ3n) is 11.0. The van der Waals surface area contributed by atoms with E-state index in [-0.39, 0.29) is 69.2 Å². The summed E-state index contributed by atoms with van der Waals surface area (Å²) in [4.78, 5) is 63.3. The smallest absolute Gasteiger partial charge is 0.435 e. The zero-order chi connectivity index (χ0) is 40.6. The molecule has 0 radical (unpaired) electrons. The molecule has 16 nitrogen and oxygen atoms in total. The molecule has 3 aliphatic rings. The molecule has 3 aromatic heterocycles. The summed E-state index contributed by atoms with van der Waals surface area (Å²) < 4.78 is 44.8. The number of halogens is 4. The number of hydrogen-bond acceptors (Lipinski definition) is 9. The average molecular weight is 814 g/mol. The number of imidazole rings is 1. The van der Waals surface area contributed by atoms with Crippen LogP contribution in [-0.2, 0) is 22.8 Å². The van der Waals surface area contributed by atoms with Crippen LogP contribution in [0.25, 0.3) is 17.1 Å². The zero-order valence-electron chi connectivity index (χ0n) is 30.9. The lowest BCUT2D eigenvalue weighted by Crippen LogP contribution is -2.62. The molecule has 0 aliphatic carbocycles. The van der Waals surface area contributed by atoms with E-state index in [0.29, 0.717) is 62.5 Å². The van der Waals surface area contributed by atoms with Gasteiger partial charge in [0.05, 0.1) is 53.9 Å². The minimum atomic E-state index is -4.85. The number of aromatic nitrogens is 5. The van der Waals surface area contributed by atoms with E-state index in [1.165, 1.54) is 41.9 Å². The Balaban J connectivity index is 0.954. The minimum Gasteiger partial charge on any atom is -0.506 e. The number of hydrogen-bond donors (Lipinski definition) is 4. The van der Waals surface area contributed by atoms with E-state index in [2.05, 4.69) is 25.7 Å². The minimum absolute atomic E-state index is 0.0237. The van der Waals surface area contributed by atoms with Crippen molar-refractivity contribution < 1.29 is 47.0 Å². The van der Waals surface area contributed by atoms with Crippen molar-refractivity contribution in [3.05, 3.63) is 71.0 Å². The lowest BCUT2D eigenvalue weighted by atomic mass is 9.90. The number of rotatable bonds is 10. The molecule has 6 heterocycles. The lowest BCUT2D eigenvalue weighted by molar-refractivity contribution is -0.929. The highest BCUT2D eigenvalue weighted by molar-refractivity contribution is 6.34. The van der Waals surface area contributed by atoms with E-state index in [0.717, 1.165) is 42.9 Å². The van der Waals surface area contributed by atoms with Gasteiger partial charge in [-0.1, -0.05) is 11.6 Å². The number of benzene rings is 1. The van der Waals surface area contributed by atoms with Crippen LogP contribution in [0.2, 0.25) is 5.02 Å². The number of alkyl halides is 3. The first-order valence-corrected chi connectivity index (χ1v) is 18.8. The van der Waals surface area contributed by atoms with Crippen LogP contribution in [0.1, 0.15) is 39.5 Å². The summed E-state index contributed by atoms with van der Waals surface area (Å²) in [7, 11) is 1.38. The molecule has 3 aliphatic heterocycles. The topological polar surface area (TPSA) is 188 Å². The average Bonchev–Trinajstić information content (AvgIpc) is 3.77. The van der Waals surface area contributed by atoms with Gasteiger partial charge < -0.3 is 39.7 Å². The summed E-state index contributed by atoms with van der Waals surface area (Å²) >= 11 is 6.53. The molecule has 3 fully saturated rings. The molecule has 20 heteroatoms. The number of carboxylic acids is 1. The second kappa shape index (κ2) is 15.8. The van der Waals surface area contributed by atoms with E-state index < -0.39 is 23.7 Å². The molecule has 0 bridgehead atoms. The molecule has 3 saturated heterocycles. The Hall–Kier alpha value is -5.53. The first kappa shape index (κ1) is 39.7. The van der Waals surface area contributed by atoms with Gasteiger partial charge in [0.25, 0.3) is 11.8 Å². The molecule has 0 spiro atoms. The highest BCUT2D eigenvalue weighted by Gasteiger charge is 2.42. The molecular weight excluding hydrogens is 773 g/mol. The van der Waals surface area contributed by atoms with E-state index in [1.54, 1.807) is 9.80 Å². The molecule has 0 saturated carbocycles. The van der Waals surface area contributed by atoms with E-state index in [1.807, 2.05) is 0 Å². The second-order valence-electron chi connectivity index (χ2n) is 14.8. The van der Waals surface area contributed by atoms with Crippen LogP contribution in [0.5, 0.6) is 5.75 Å². The monoisotopic (exact) mass is 813 g/mol. The third kappa shape index (κ3) is 8.45. The fourth-order valence-electron chi connectivity index (χ4n) is 7.86. The molecule has 1 aromatic carbocycles. The first-order chi connectivity index (χ1) is 27.1. The Labute approximate surface area is 329 Å². The second-order valence-corrected chi connectivity index (χ2v) is 15.2. The summed E-state index contributed by atoms with van der Waals surface area (Å²) in [6, 6.07) is 6.88. The number of anilines is 1. The summed E-state index contributed by atoms with van der Waals surface area (Å²) in [6.07, 6.45) is -0.319. The number of pyridine rings is 1. The van der Waals surface area contributed by atoms with Crippen LogP contribution in [0, 0.1) is 11.8 Å². The number of carbonyl (C=O) groups is 4. The fourth-order valence-corrected chi connectivity index (χ4v) is 8.13. The maximum atomic E-state index is 14.1. The predicted octanol–water partition coefficient (Wildman–Crippen LogP) is 3.11. The van der Waals surface area contributed by atoms with Gasteiger partial charge in [-0.15, -0.1) is 0 Å². The van der Waals surface area contributed by atoms with Crippen molar-refractivity contribution in [2.45, 2.75) is 19.0 Å². The van der Waals surface area contributed by atoms with Gasteiger partial charge in [0.1, 0.15) is 5.75 Å². The fraction of sp³-hybridized carbons (Fsp3) is 0.432. The Morgan fingerprint density at radius 2 is 1.70 bits per heavy atom.